The summed E-state index contributed by atoms with van der Waals surface area (Å²) >= 11 is 0. The number of amides is 1. The lowest BCUT2D eigenvalue weighted by atomic mass is 10.0. The number of benzene rings is 1. The maximum absolute atomic E-state index is 12.7. The van der Waals surface area contributed by atoms with Gasteiger partial charge < -0.3 is 14.4 Å². The molecule has 1 aliphatic carbocycles. The molecule has 28 heavy (non-hydrogen) atoms. The lowest BCUT2D eigenvalue weighted by molar-refractivity contribution is -0.136. The number of rotatable bonds is 5. The molecule has 0 atom stereocenters. The van der Waals surface area contributed by atoms with Crippen LogP contribution in [0.4, 0.5) is 0 Å². The van der Waals surface area contributed by atoms with Crippen molar-refractivity contribution in [1.29, 1.82) is 0 Å². The Morgan fingerprint density at radius 2 is 1.89 bits per heavy atom. The Hall–Kier alpha value is -1.76. The van der Waals surface area contributed by atoms with E-state index in [0.29, 0.717) is 11.5 Å². The summed E-state index contributed by atoms with van der Waals surface area (Å²) in [6.07, 6.45) is 5.46. The molecule has 2 fully saturated rings. The van der Waals surface area contributed by atoms with E-state index in [-0.39, 0.29) is 36.5 Å². The Balaban J connectivity index is 1.31. The van der Waals surface area contributed by atoms with Crippen LogP contribution in [-0.4, -0.2) is 55.0 Å². The highest BCUT2D eigenvalue weighted by molar-refractivity contribution is 7.92. The van der Waals surface area contributed by atoms with Crippen LogP contribution in [0.3, 0.4) is 0 Å². The maximum Gasteiger partial charge on any atom is 0.260 e. The van der Waals surface area contributed by atoms with Gasteiger partial charge in [-0.2, -0.15) is 0 Å². The van der Waals surface area contributed by atoms with Gasteiger partial charge in [-0.25, -0.2) is 8.42 Å². The quantitative estimate of drug-likeness (QED) is 0.750. The fourth-order valence-corrected chi connectivity index (χ4v) is 6.76. The standard InChI is InChI=1S/C21H29NO5S/c1-21(2)11-15-7-6-10-18(20(15)27-21)26-14-19(23)22-12-17(13-22)28(24,25)16-8-4-3-5-9-16/h6-7,10,16-17H,3-5,8-9,11-14H2,1-2H3. The number of hydrogen-bond acceptors (Lipinski definition) is 5. The van der Waals surface area contributed by atoms with Crippen LogP contribution in [0.15, 0.2) is 18.2 Å². The summed E-state index contributed by atoms with van der Waals surface area (Å²) in [5, 5.41) is -0.628. The second-order valence-corrected chi connectivity index (χ2v) is 11.4. The van der Waals surface area contributed by atoms with Crippen LogP contribution >= 0.6 is 0 Å². The number of fused-ring (bicyclic) bond motifs is 1. The monoisotopic (exact) mass is 407 g/mol. The van der Waals surface area contributed by atoms with Crippen molar-refractivity contribution in [3.05, 3.63) is 23.8 Å². The van der Waals surface area contributed by atoms with E-state index in [1.54, 1.807) is 11.0 Å². The molecule has 2 heterocycles. The van der Waals surface area contributed by atoms with Gasteiger partial charge in [0.1, 0.15) is 5.60 Å². The third-order valence-electron chi connectivity index (χ3n) is 6.09. The normalized spacial score (nSPS) is 22.3. The van der Waals surface area contributed by atoms with E-state index >= 15 is 0 Å². The Bertz CT molecular complexity index is 852. The zero-order valence-electron chi connectivity index (χ0n) is 16.6. The lowest BCUT2D eigenvalue weighted by Gasteiger charge is -2.40. The molecule has 1 saturated heterocycles. The molecular weight excluding hydrogens is 378 g/mol. The molecule has 6 nitrogen and oxygen atoms in total. The molecule has 1 aromatic rings. The van der Waals surface area contributed by atoms with Crippen LogP contribution in [0, 0.1) is 0 Å². The minimum atomic E-state index is -3.13. The summed E-state index contributed by atoms with van der Waals surface area (Å²) < 4.78 is 37.1. The van der Waals surface area contributed by atoms with Crippen molar-refractivity contribution in [3.8, 4) is 11.5 Å². The molecule has 2 aliphatic heterocycles. The molecular formula is C21H29NO5S. The first-order valence-corrected chi connectivity index (χ1v) is 11.8. The molecule has 0 unspecified atom stereocenters. The molecule has 4 rings (SSSR count). The minimum absolute atomic E-state index is 0.101. The number of para-hydroxylation sites is 1. The zero-order chi connectivity index (χ0) is 19.9. The fourth-order valence-electron chi connectivity index (χ4n) is 4.45. The van der Waals surface area contributed by atoms with Crippen molar-refractivity contribution in [2.75, 3.05) is 19.7 Å². The summed E-state index contributed by atoms with van der Waals surface area (Å²) in [4.78, 5) is 14.0. The number of carbonyl (C=O) groups is 1. The third-order valence-corrected chi connectivity index (χ3v) is 8.72. The number of hydrogen-bond donors (Lipinski definition) is 0. The van der Waals surface area contributed by atoms with Gasteiger partial charge in [0.15, 0.2) is 27.9 Å². The van der Waals surface area contributed by atoms with Gasteiger partial charge in [0.2, 0.25) is 0 Å². The summed E-state index contributed by atoms with van der Waals surface area (Å²) in [5.41, 5.74) is 0.807. The second kappa shape index (κ2) is 7.25. The average Bonchev–Trinajstić information content (AvgIpc) is 2.93. The smallest absolute Gasteiger partial charge is 0.260 e. The van der Waals surface area contributed by atoms with Crippen molar-refractivity contribution in [1.82, 2.24) is 4.90 Å². The van der Waals surface area contributed by atoms with Crippen molar-refractivity contribution in [2.24, 2.45) is 0 Å². The van der Waals surface area contributed by atoms with E-state index < -0.39 is 15.1 Å². The van der Waals surface area contributed by atoms with Crippen molar-refractivity contribution >= 4 is 15.7 Å². The summed E-state index contributed by atoms with van der Waals surface area (Å²) in [7, 11) is -3.13. The van der Waals surface area contributed by atoms with Gasteiger partial charge in [-0.1, -0.05) is 31.4 Å². The molecule has 1 saturated carbocycles. The van der Waals surface area contributed by atoms with E-state index in [2.05, 4.69) is 0 Å². The molecule has 0 aromatic heterocycles. The van der Waals surface area contributed by atoms with E-state index in [1.807, 2.05) is 26.0 Å². The van der Waals surface area contributed by atoms with Crippen LogP contribution in [0.1, 0.15) is 51.5 Å². The van der Waals surface area contributed by atoms with Crippen molar-refractivity contribution < 1.29 is 22.7 Å². The first kappa shape index (κ1) is 19.6. The molecule has 7 heteroatoms. The predicted molar refractivity (Wildman–Crippen MR) is 107 cm³/mol. The van der Waals surface area contributed by atoms with E-state index in [0.717, 1.165) is 44.1 Å². The summed E-state index contributed by atoms with van der Waals surface area (Å²) in [6.45, 7) is 4.52. The number of sulfone groups is 1. The first-order chi connectivity index (χ1) is 13.3. The number of ether oxygens (including phenoxy) is 2. The second-order valence-electron chi connectivity index (χ2n) is 8.84. The molecule has 154 valence electrons. The lowest BCUT2D eigenvalue weighted by Crippen LogP contribution is -2.59. The van der Waals surface area contributed by atoms with Crippen LogP contribution in [0.5, 0.6) is 11.5 Å². The molecule has 0 bridgehead atoms. The molecule has 0 spiro atoms. The Kier molecular flexibility index (Phi) is 5.06. The van der Waals surface area contributed by atoms with Gasteiger partial charge in [-0.05, 0) is 32.8 Å². The van der Waals surface area contributed by atoms with Gasteiger partial charge in [0.05, 0.1) is 10.5 Å². The zero-order valence-corrected chi connectivity index (χ0v) is 17.5. The van der Waals surface area contributed by atoms with Gasteiger partial charge >= 0.3 is 0 Å². The highest BCUT2D eigenvalue weighted by atomic mass is 32.2. The SMILES string of the molecule is CC1(C)Cc2cccc(OCC(=O)N3CC(S(=O)(=O)C4CCCCC4)C3)c2O1. The number of nitrogens with zero attached hydrogens (tertiary/aromatic N) is 1. The molecule has 0 N–H and O–H groups in total. The van der Waals surface area contributed by atoms with Crippen molar-refractivity contribution in [2.45, 2.75) is 68.5 Å². The minimum Gasteiger partial charge on any atom is -0.483 e. The summed E-state index contributed by atoms with van der Waals surface area (Å²) in [6, 6.07) is 5.72. The summed E-state index contributed by atoms with van der Waals surface area (Å²) in [5.74, 6) is 1.11. The number of carbonyl (C=O) groups excluding carboxylic acids is 1. The third kappa shape index (κ3) is 3.73. The topological polar surface area (TPSA) is 72.9 Å². The van der Waals surface area contributed by atoms with Crippen LogP contribution in [0.25, 0.3) is 0 Å². The van der Waals surface area contributed by atoms with Gasteiger partial charge in [-0.3, -0.25) is 4.79 Å². The fraction of sp³-hybridized carbons (Fsp3) is 0.667. The van der Waals surface area contributed by atoms with Crippen molar-refractivity contribution in [3.63, 3.8) is 0 Å². The van der Waals surface area contributed by atoms with Gasteiger partial charge in [0, 0.05) is 25.1 Å². The molecule has 1 amide bonds. The Morgan fingerprint density at radius 1 is 1.18 bits per heavy atom. The van der Waals surface area contributed by atoms with Gasteiger partial charge in [0.25, 0.3) is 5.91 Å². The Morgan fingerprint density at radius 3 is 2.61 bits per heavy atom. The van der Waals surface area contributed by atoms with Gasteiger partial charge in [-0.15, -0.1) is 0 Å². The molecule has 0 radical (unpaired) electrons. The van der Waals surface area contributed by atoms with E-state index in [1.165, 1.54) is 0 Å². The molecule has 3 aliphatic rings. The Labute approximate surface area is 167 Å². The maximum atomic E-state index is 12.7. The van der Waals surface area contributed by atoms with Crippen LogP contribution < -0.4 is 9.47 Å². The van der Waals surface area contributed by atoms with Crippen LogP contribution in [0.2, 0.25) is 0 Å². The highest BCUT2D eigenvalue weighted by Gasteiger charge is 2.43. The predicted octanol–water partition coefficient (Wildman–Crippen LogP) is 2.74. The van der Waals surface area contributed by atoms with Crippen LogP contribution in [-0.2, 0) is 21.1 Å². The largest absolute Gasteiger partial charge is 0.483 e. The van der Waals surface area contributed by atoms with E-state index in [9.17, 15) is 13.2 Å². The highest BCUT2D eigenvalue weighted by Crippen LogP contribution is 2.41. The molecule has 1 aromatic carbocycles. The first-order valence-electron chi connectivity index (χ1n) is 10.2. The average molecular weight is 408 g/mol. The number of likely N-dealkylation sites (tertiary alicyclic amines) is 1. The van der Waals surface area contributed by atoms with E-state index in [4.69, 9.17) is 9.47 Å².